The van der Waals surface area contributed by atoms with Crippen LogP contribution in [-0.2, 0) is 0 Å². The Morgan fingerprint density at radius 2 is 1.44 bits per heavy atom. The maximum atomic E-state index is 2.77. The Hall–Kier alpha value is 0.964. The largest absolute Gasteiger partial charge is 0.362 e. The fourth-order valence-corrected chi connectivity index (χ4v) is 25.9. The molecule has 0 N–H and O–H groups in total. The molecule has 1 aliphatic heterocycles. The van der Waals surface area contributed by atoms with Crippen molar-refractivity contribution in [3.8, 4) is 0 Å². The molecule has 0 bridgehead atoms. The smallest absolute Gasteiger partial charge is 0.153 e. The van der Waals surface area contributed by atoms with Crippen LogP contribution in [0.5, 0.6) is 0 Å². The Balaban J connectivity index is 2.34. The number of hydrogen-bond donors (Lipinski definition) is 0. The Morgan fingerprint density at radius 1 is 1.00 bits per heavy atom. The molecule has 1 fully saturated rings. The second-order valence-electron chi connectivity index (χ2n) is 2.99. The first-order chi connectivity index (χ1) is 4.18. The normalized spacial score (nSPS) is 35.7. The molecule has 0 aromatic rings. The first-order valence-electron chi connectivity index (χ1n) is 3.24. The van der Waals surface area contributed by atoms with Crippen molar-refractivity contribution in [1.82, 2.24) is 12.0 Å². The van der Waals surface area contributed by atoms with Gasteiger partial charge >= 0.3 is 0 Å². The van der Waals surface area contributed by atoms with Crippen LogP contribution in [0.2, 0.25) is 0 Å². The van der Waals surface area contributed by atoms with Crippen LogP contribution in [0.15, 0.2) is 0 Å². The zero-order valence-corrected chi connectivity index (χ0v) is 14.7. The van der Waals surface area contributed by atoms with E-state index in [1.54, 1.807) is 0 Å². The maximum absolute atomic E-state index is 2.77. The maximum Gasteiger partial charge on any atom is 0.153 e. The van der Waals surface area contributed by atoms with Gasteiger partial charge in [-0.25, -0.2) is 0 Å². The van der Waals surface area contributed by atoms with Crippen LogP contribution in [-0.4, -0.2) is 69.4 Å². The van der Waals surface area contributed by atoms with E-state index in [0.717, 1.165) is 0 Å². The predicted octanol–water partition coefficient (Wildman–Crippen LogP) is -5.91. The third-order valence-corrected chi connectivity index (χ3v) is 11.3. The van der Waals surface area contributed by atoms with Gasteiger partial charge in [-0.3, -0.25) is 0 Å². The summed E-state index contributed by atoms with van der Waals surface area (Å²) in [6, 6.07) is 0. The average Bonchev–Trinajstić information content (AvgIpc) is 1.59. The lowest BCUT2D eigenvalue weighted by Gasteiger charge is -2.36. The first-order valence-corrected chi connectivity index (χ1v) is 8.82. The third-order valence-electron chi connectivity index (χ3n) is 1.45. The monoisotopic (exact) mass is 209 g/mol. The zero-order valence-electron chi connectivity index (χ0n) is 6.46. The van der Waals surface area contributed by atoms with Crippen molar-refractivity contribution in [3.05, 3.63) is 0 Å². The van der Waals surface area contributed by atoms with Gasteiger partial charge in [-0.1, -0.05) is 0 Å². The minimum atomic E-state index is 0.158. The highest BCUT2D eigenvalue weighted by atomic mass is 28.4. The summed E-state index contributed by atoms with van der Waals surface area (Å²) >= 11 is 0. The van der Waals surface area contributed by atoms with Gasteiger partial charge in [0.05, 0.1) is 20.8 Å². The molecule has 0 radical (unpaired) electrons. The SMILES string of the molecule is CN1[SiH2]N([SiH3])[SiH2]N([SiH3])[SiH2]1. The van der Waals surface area contributed by atoms with E-state index in [9.17, 15) is 0 Å². The Labute approximate surface area is 69.7 Å². The molecule has 0 aliphatic carbocycles. The van der Waals surface area contributed by atoms with Gasteiger partial charge in [0, 0.05) is 0 Å². The zero-order chi connectivity index (χ0) is 6.85. The lowest BCUT2D eigenvalue weighted by atomic mass is 11.6. The van der Waals surface area contributed by atoms with E-state index in [4.69, 9.17) is 0 Å². The number of hydrogen-bond acceptors (Lipinski definition) is 3. The van der Waals surface area contributed by atoms with Crippen LogP contribution in [0.25, 0.3) is 0 Å². The van der Waals surface area contributed by atoms with Crippen molar-refractivity contribution in [2.45, 2.75) is 0 Å². The molecule has 3 nitrogen and oxygen atoms in total. The van der Waals surface area contributed by atoms with Crippen LogP contribution in [0.1, 0.15) is 0 Å². The molecule has 0 saturated carbocycles. The fourth-order valence-electron chi connectivity index (χ4n) is 1.37. The van der Waals surface area contributed by atoms with Crippen molar-refractivity contribution in [1.29, 1.82) is 0 Å². The standard InChI is InChI=1S/CH15N3Si5/c1-2-7-3(5)9-4(6)8-2/h7-9H2,1,5-6H3. The van der Waals surface area contributed by atoms with Crippen molar-refractivity contribution in [2.75, 3.05) is 7.05 Å². The second-order valence-corrected chi connectivity index (χ2v) is 20.6. The van der Waals surface area contributed by atoms with E-state index in [1.165, 1.54) is 20.8 Å². The molecule has 0 amide bonds. The number of nitrogens with zero attached hydrogens (tertiary/aromatic N) is 3. The molecule has 1 saturated heterocycles. The summed E-state index contributed by atoms with van der Waals surface area (Å²) in [5.41, 5.74) is 0. The molecule has 1 aliphatic rings. The van der Waals surface area contributed by atoms with E-state index in [1.807, 2.05) is 0 Å². The summed E-state index contributed by atoms with van der Waals surface area (Å²) in [4.78, 5) is 0. The van der Waals surface area contributed by atoms with Gasteiger partial charge in [-0.15, -0.1) is 0 Å². The second kappa shape index (κ2) is 3.38. The van der Waals surface area contributed by atoms with Crippen molar-refractivity contribution in [2.24, 2.45) is 0 Å². The molecule has 0 atom stereocenters. The molecule has 9 heavy (non-hydrogen) atoms. The van der Waals surface area contributed by atoms with Gasteiger partial charge in [0.1, 0.15) is 9.84 Å². The Kier molecular flexibility index (Phi) is 3.03. The quantitative estimate of drug-likeness (QED) is 0.368. The highest BCUT2D eigenvalue weighted by Gasteiger charge is 2.14. The third kappa shape index (κ3) is 2.59. The summed E-state index contributed by atoms with van der Waals surface area (Å²) in [7, 11) is 5.52. The minimum Gasteiger partial charge on any atom is -0.362 e. The fraction of sp³-hybridized carbons (Fsp3) is 1.00. The van der Waals surface area contributed by atoms with Gasteiger partial charge in [0.2, 0.25) is 0 Å². The molecule has 0 spiro atoms. The van der Waals surface area contributed by atoms with Crippen LogP contribution < -0.4 is 0 Å². The van der Waals surface area contributed by atoms with E-state index >= 15 is 0 Å². The summed E-state index contributed by atoms with van der Waals surface area (Å²) in [6.45, 7) is 0. The molecule has 54 valence electrons. The Morgan fingerprint density at radius 3 is 1.78 bits per heavy atom. The molecule has 0 unspecified atom stereocenters. The molecule has 0 aromatic heterocycles. The summed E-state index contributed by atoms with van der Waals surface area (Å²) in [5.74, 6) is 0. The van der Waals surface area contributed by atoms with Crippen molar-refractivity contribution >= 4 is 50.3 Å². The summed E-state index contributed by atoms with van der Waals surface area (Å²) in [6.07, 6.45) is 0. The van der Waals surface area contributed by atoms with E-state index in [0.29, 0.717) is 0 Å². The Bertz CT molecular complexity index is 73.2. The van der Waals surface area contributed by atoms with Gasteiger partial charge in [0.25, 0.3) is 0 Å². The lowest BCUT2D eigenvalue weighted by molar-refractivity contribution is 0.715. The van der Waals surface area contributed by atoms with E-state index in [-0.39, 0.29) is 29.5 Å². The molecule has 0 aromatic carbocycles. The lowest BCUT2D eigenvalue weighted by Crippen LogP contribution is -2.58. The molecule has 1 heterocycles. The van der Waals surface area contributed by atoms with Gasteiger partial charge in [-0.2, -0.15) is 0 Å². The van der Waals surface area contributed by atoms with E-state index < -0.39 is 0 Å². The van der Waals surface area contributed by atoms with Gasteiger partial charge in [0.15, 0.2) is 19.7 Å². The summed E-state index contributed by atoms with van der Waals surface area (Å²) in [5, 5.41) is 0. The predicted molar refractivity (Wildman–Crippen MR) is 57.0 cm³/mol. The molecule has 1 rings (SSSR count). The van der Waals surface area contributed by atoms with Crippen LogP contribution in [0, 0.1) is 0 Å². The van der Waals surface area contributed by atoms with Crippen LogP contribution in [0.4, 0.5) is 0 Å². The van der Waals surface area contributed by atoms with Gasteiger partial charge < -0.3 is 12.0 Å². The van der Waals surface area contributed by atoms with Crippen molar-refractivity contribution in [3.63, 3.8) is 0 Å². The molecular formula is CH15N3Si5. The van der Waals surface area contributed by atoms with E-state index in [2.05, 4.69) is 19.1 Å². The minimum absolute atomic E-state index is 0.158. The van der Waals surface area contributed by atoms with Gasteiger partial charge in [-0.05, 0) is 7.05 Å². The first kappa shape index (κ1) is 8.06. The van der Waals surface area contributed by atoms with Crippen molar-refractivity contribution < 1.29 is 0 Å². The summed E-state index contributed by atoms with van der Waals surface area (Å²) < 4.78 is 8.20. The van der Waals surface area contributed by atoms with Crippen LogP contribution >= 0.6 is 0 Å². The number of rotatable bonds is 0. The topological polar surface area (TPSA) is 9.72 Å². The molecule has 8 heteroatoms. The highest BCUT2D eigenvalue weighted by molar-refractivity contribution is 6.74. The van der Waals surface area contributed by atoms with Crippen LogP contribution in [0.3, 0.4) is 0 Å². The average molecular weight is 210 g/mol. The molecular weight excluding hydrogens is 194 g/mol. The highest BCUT2D eigenvalue weighted by Crippen LogP contribution is 1.90.